The molecule has 1 unspecified atom stereocenters. The van der Waals surface area contributed by atoms with E-state index >= 15 is 0 Å². The van der Waals surface area contributed by atoms with Crippen LogP contribution in [0.25, 0.3) is 27.3 Å². The molecule has 1 amide bonds. The third-order valence-corrected chi connectivity index (χ3v) is 8.34. The smallest absolute Gasteiger partial charge is 0.262 e. The summed E-state index contributed by atoms with van der Waals surface area (Å²) in [7, 11) is 0. The van der Waals surface area contributed by atoms with E-state index in [-0.39, 0.29) is 12.1 Å². The minimum absolute atomic E-state index is 0.0997. The van der Waals surface area contributed by atoms with Crippen molar-refractivity contribution in [2.24, 2.45) is 5.92 Å². The molecular weight excluding hydrogens is 518 g/mol. The summed E-state index contributed by atoms with van der Waals surface area (Å²) in [6, 6.07) is 18.5. The maximum Gasteiger partial charge on any atom is 0.262 e. The zero-order valence-corrected chi connectivity index (χ0v) is 22.3. The van der Waals surface area contributed by atoms with Gasteiger partial charge in [-0.15, -0.1) is 11.3 Å². The highest BCUT2D eigenvalue weighted by Crippen LogP contribution is 2.33. The molecule has 39 heavy (non-hydrogen) atoms. The Balaban J connectivity index is 1.26. The van der Waals surface area contributed by atoms with Crippen LogP contribution in [0.3, 0.4) is 0 Å². The molecule has 0 radical (unpaired) electrons. The lowest BCUT2D eigenvalue weighted by molar-refractivity contribution is -0.258. The highest BCUT2D eigenvalue weighted by molar-refractivity contribution is 7.16. The second kappa shape index (κ2) is 11.8. The first-order chi connectivity index (χ1) is 18.8. The van der Waals surface area contributed by atoms with Gasteiger partial charge < -0.3 is 35.0 Å². The molecule has 5 atom stereocenters. The van der Waals surface area contributed by atoms with Crippen molar-refractivity contribution in [3.8, 4) is 16.5 Å². The number of fused-ring (bicyclic) bond motifs is 1. The molecule has 2 fully saturated rings. The standard InChI is InChI=1S/C29H31N3O6S/c1-17-26(33)27(34)24(38-29(17)36)16-31-28(35)21(15-30)14-23-6-7-25(39-23)20-3-2-19-13-22(5-4-18(19)12-20)32-8-10-37-11-9-32/h2-7,12-14,17,24,26-27,29,33-34,36H,8-11,16H2,1H3,(H,31,35)/b21-14+/t17-,24-,26-,27-,29?/m1/s1. The van der Waals surface area contributed by atoms with Gasteiger partial charge in [0.25, 0.3) is 5.91 Å². The Morgan fingerprint density at radius 2 is 1.85 bits per heavy atom. The summed E-state index contributed by atoms with van der Waals surface area (Å²) < 4.78 is 10.8. The first-order valence-corrected chi connectivity index (χ1v) is 13.7. The second-order valence-corrected chi connectivity index (χ2v) is 10.9. The lowest BCUT2D eigenvalue weighted by atomic mass is 9.92. The molecule has 3 aromatic rings. The van der Waals surface area contributed by atoms with Crippen LogP contribution in [0.5, 0.6) is 0 Å². The van der Waals surface area contributed by atoms with E-state index in [1.165, 1.54) is 23.1 Å². The molecule has 3 heterocycles. The summed E-state index contributed by atoms with van der Waals surface area (Å²) in [6.45, 7) is 4.65. The third-order valence-electron chi connectivity index (χ3n) is 7.26. The van der Waals surface area contributed by atoms with Crippen LogP contribution in [0, 0.1) is 17.2 Å². The van der Waals surface area contributed by atoms with Crippen LogP contribution < -0.4 is 10.2 Å². The SMILES string of the molecule is C[C@H]1C(O)O[C@H](CNC(=O)/C(C#N)=C/c2ccc(-c3ccc4cc(N5CCOCC5)ccc4c3)s2)[C@@H](O)[C@@H]1O. The third kappa shape index (κ3) is 5.99. The van der Waals surface area contributed by atoms with Crippen molar-refractivity contribution >= 4 is 39.8 Å². The van der Waals surface area contributed by atoms with E-state index in [0.29, 0.717) is 0 Å². The number of nitrogens with one attached hydrogen (secondary N) is 1. The van der Waals surface area contributed by atoms with Crippen LogP contribution in [0.15, 0.2) is 54.1 Å². The van der Waals surface area contributed by atoms with Crippen molar-refractivity contribution in [1.29, 1.82) is 5.26 Å². The fourth-order valence-electron chi connectivity index (χ4n) is 4.82. The topological polar surface area (TPSA) is 135 Å². The van der Waals surface area contributed by atoms with Gasteiger partial charge in [0.1, 0.15) is 23.9 Å². The summed E-state index contributed by atoms with van der Waals surface area (Å²) in [5, 5.41) is 44.6. The molecule has 1 aromatic heterocycles. The molecule has 0 bridgehead atoms. The molecule has 2 aromatic carbocycles. The van der Waals surface area contributed by atoms with Crippen molar-refractivity contribution in [2.75, 3.05) is 37.7 Å². The minimum atomic E-state index is -1.27. The molecule has 9 nitrogen and oxygen atoms in total. The molecule has 2 aliphatic heterocycles. The highest BCUT2D eigenvalue weighted by atomic mass is 32.1. The first kappa shape index (κ1) is 27.3. The highest BCUT2D eigenvalue weighted by Gasteiger charge is 2.41. The molecule has 5 rings (SSSR count). The van der Waals surface area contributed by atoms with Gasteiger partial charge in [0.05, 0.1) is 19.3 Å². The summed E-state index contributed by atoms with van der Waals surface area (Å²) in [6.07, 6.45) is -3.20. The van der Waals surface area contributed by atoms with Crippen LogP contribution in [-0.4, -0.2) is 78.7 Å². The number of hydrogen-bond acceptors (Lipinski definition) is 9. The molecule has 204 valence electrons. The Morgan fingerprint density at radius 1 is 1.10 bits per heavy atom. The van der Waals surface area contributed by atoms with E-state index < -0.39 is 36.4 Å². The van der Waals surface area contributed by atoms with Gasteiger partial charge in [-0.1, -0.05) is 25.1 Å². The Labute approximate surface area is 230 Å². The van der Waals surface area contributed by atoms with Crippen LogP contribution in [-0.2, 0) is 14.3 Å². The molecule has 2 aliphatic rings. The number of amides is 1. The molecular formula is C29H31N3O6S. The number of aliphatic hydroxyl groups is 3. The molecule has 4 N–H and O–H groups in total. The van der Waals surface area contributed by atoms with E-state index in [0.717, 1.165) is 52.4 Å². The number of morpholine rings is 1. The lowest BCUT2D eigenvalue weighted by Crippen LogP contribution is -2.56. The van der Waals surface area contributed by atoms with Gasteiger partial charge in [0.15, 0.2) is 6.29 Å². The van der Waals surface area contributed by atoms with Gasteiger partial charge in [0.2, 0.25) is 0 Å². The number of thiophene rings is 1. The molecule has 2 saturated heterocycles. The maximum absolute atomic E-state index is 12.7. The van der Waals surface area contributed by atoms with Gasteiger partial charge in [-0.2, -0.15) is 5.26 Å². The van der Waals surface area contributed by atoms with Gasteiger partial charge in [-0.05, 0) is 52.7 Å². The summed E-state index contributed by atoms with van der Waals surface area (Å²) in [4.78, 5) is 16.7. The van der Waals surface area contributed by atoms with Crippen molar-refractivity contribution in [3.05, 3.63) is 59.0 Å². The maximum atomic E-state index is 12.7. The fraction of sp³-hybridized carbons (Fsp3) is 0.379. The number of nitriles is 1. The predicted octanol–water partition coefficient (Wildman–Crippen LogP) is 2.50. The first-order valence-electron chi connectivity index (χ1n) is 12.9. The van der Waals surface area contributed by atoms with Crippen molar-refractivity contribution in [2.45, 2.75) is 31.5 Å². The van der Waals surface area contributed by atoms with Gasteiger partial charge in [-0.3, -0.25) is 4.79 Å². The number of aliphatic hydroxyl groups excluding tert-OH is 3. The molecule has 0 spiro atoms. The zero-order valence-electron chi connectivity index (χ0n) is 21.5. The number of ether oxygens (including phenoxy) is 2. The minimum Gasteiger partial charge on any atom is -0.390 e. The number of benzene rings is 2. The Morgan fingerprint density at radius 3 is 2.62 bits per heavy atom. The summed E-state index contributed by atoms with van der Waals surface area (Å²) >= 11 is 1.47. The Kier molecular flexibility index (Phi) is 8.28. The summed E-state index contributed by atoms with van der Waals surface area (Å²) in [5.74, 6) is -1.29. The van der Waals surface area contributed by atoms with E-state index in [9.17, 15) is 25.4 Å². The van der Waals surface area contributed by atoms with Crippen LogP contribution in [0.4, 0.5) is 5.69 Å². The molecule has 0 saturated carbocycles. The van der Waals surface area contributed by atoms with Crippen molar-refractivity contribution in [3.63, 3.8) is 0 Å². The van der Waals surface area contributed by atoms with Crippen LogP contribution in [0.1, 0.15) is 11.8 Å². The number of hydrogen-bond donors (Lipinski definition) is 4. The molecule has 0 aliphatic carbocycles. The fourth-order valence-corrected chi connectivity index (χ4v) is 5.77. The van der Waals surface area contributed by atoms with Crippen molar-refractivity contribution in [1.82, 2.24) is 5.32 Å². The summed E-state index contributed by atoms with van der Waals surface area (Å²) in [5.41, 5.74) is 2.14. The van der Waals surface area contributed by atoms with Gasteiger partial charge in [-0.25, -0.2) is 0 Å². The van der Waals surface area contributed by atoms with Crippen LogP contribution in [0.2, 0.25) is 0 Å². The Bertz CT molecular complexity index is 1410. The lowest BCUT2D eigenvalue weighted by Gasteiger charge is -2.39. The number of rotatable bonds is 6. The number of anilines is 1. The van der Waals surface area contributed by atoms with E-state index in [4.69, 9.17) is 9.47 Å². The van der Waals surface area contributed by atoms with E-state index in [1.54, 1.807) is 6.92 Å². The van der Waals surface area contributed by atoms with Gasteiger partial charge in [0, 0.05) is 41.0 Å². The van der Waals surface area contributed by atoms with E-state index in [2.05, 4.69) is 46.6 Å². The average molecular weight is 550 g/mol. The van der Waals surface area contributed by atoms with Crippen LogP contribution >= 0.6 is 11.3 Å². The zero-order chi connectivity index (χ0) is 27.5. The largest absolute Gasteiger partial charge is 0.390 e. The number of carbonyl (C=O) groups excluding carboxylic acids is 1. The quantitative estimate of drug-likeness (QED) is 0.272. The second-order valence-electron chi connectivity index (χ2n) is 9.83. The normalized spacial score (nSPS) is 25.9. The van der Waals surface area contributed by atoms with Gasteiger partial charge >= 0.3 is 0 Å². The van der Waals surface area contributed by atoms with E-state index in [1.807, 2.05) is 18.2 Å². The monoisotopic (exact) mass is 549 g/mol. The van der Waals surface area contributed by atoms with Crippen molar-refractivity contribution < 1.29 is 29.6 Å². The Hall–Kier alpha value is -3.30. The average Bonchev–Trinajstić information content (AvgIpc) is 3.44. The predicted molar refractivity (Wildman–Crippen MR) is 149 cm³/mol. The molecule has 10 heteroatoms. The number of carbonyl (C=O) groups is 1. The number of nitrogens with zero attached hydrogens (tertiary/aromatic N) is 2.